The van der Waals surface area contributed by atoms with Crippen LogP contribution in [0.3, 0.4) is 0 Å². The molecule has 1 aliphatic rings. The van der Waals surface area contributed by atoms with Crippen LogP contribution in [0.5, 0.6) is 0 Å². The van der Waals surface area contributed by atoms with Crippen molar-refractivity contribution in [2.24, 2.45) is 17.0 Å². The summed E-state index contributed by atoms with van der Waals surface area (Å²) in [5.41, 5.74) is 1.12. The lowest BCUT2D eigenvalue weighted by Gasteiger charge is -2.29. The molecule has 1 saturated carbocycles. The van der Waals surface area contributed by atoms with Gasteiger partial charge in [-0.3, -0.25) is 4.79 Å². The van der Waals surface area contributed by atoms with Crippen molar-refractivity contribution in [1.82, 2.24) is 0 Å². The Balaban J connectivity index is 3.20. The van der Waals surface area contributed by atoms with Crippen molar-refractivity contribution in [2.75, 3.05) is 0 Å². The summed E-state index contributed by atoms with van der Waals surface area (Å²) < 4.78 is 25.1. The molecule has 0 aromatic rings. The molecule has 0 heterocycles. The van der Waals surface area contributed by atoms with E-state index in [1.165, 1.54) is 19.3 Å². The minimum Gasteiger partial charge on any atom is -0.520 e. The monoisotopic (exact) mass is 655 g/mol. The molecule has 0 aromatic carbocycles. The van der Waals surface area contributed by atoms with Gasteiger partial charge in [-0.05, 0) is 104 Å². The number of oxime groups is 1. The van der Waals surface area contributed by atoms with Crippen LogP contribution in [0.2, 0.25) is 78.6 Å². The Hall–Kier alpha value is -0.792. The molecule has 6 nitrogen and oxygen atoms in total. The number of nitrogens with zero attached hydrogens (tertiary/aromatic N) is 1. The highest BCUT2D eigenvalue weighted by Gasteiger charge is 2.42. The van der Waals surface area contributed by atoms with Crippen molar-refractivity contribution in [3.63, 3.8) is 0 Å². The number of rotatable bonds is 19. The number of unbranched alkanes of at least 4 members (excludes halogenated alkanes) is 3. The van der Waals surface area contributed by atoms with E-state index in [1.807, 2.05) is 19.6 Å². The molecule has 1 rings (SSSR count). The van der Waals surface area contributed by atoms with E-state index in [9.17, 15) is 4.79 Å². The number of hydrogen-bond acceptors (Lipinski definition) is 6. The number of allylic oxidation sites excluding steroid dienone is 2. The Morgan fingerprint density at radius 3 is 2.10 bits per heavy atom. The lowest BCUT2D eigenvalue weighted by Crippen LogP contribution is -2.35. The van der Waals surface area contributed by atoms with Crippen LogP contribution in [-0.2, 0) is 22.6 Å². The Bertz CT molecular complexity index is 895. The van der Waals surface area contributed by atoms with E-state index >= 15 is 0 Å². The van der Waals surface area contributed by atoms with Crippen LogP contribution in [0, 0.1) is 11.8 Å². The fraction of sp³-hybridized carbons (Fsp3) is 0.812. The van der Waals surface area contributed by atoms with Crippen LogP contribution >= 0.6 is 0 Å². The molecule has 42 heavy (non-hydrogen) atoms. The first kappa shape index (κ1) is 39.2. The zero-order valence-corrected chi connectivity index (χ0v) is 33.5. The SMILES string of the molecule is CCCCCC(/C=C/C1C(O[Si](C)(C)C)C/C(=N/O[Si](C)(C)C)C1C/C=C\CCCC(=O)O[Si](C)(C)C)O[Si](C)(C)C. The standard InChI is InChI=1S/C32H65NO5Si4/c1-14-15-18-21-27(35-39(2,3)4)24-25-29-28(22-19-16-17-20-23-32(34)37-41(8,9)10)30(33-38-42(11,12)13)26-31(29)36-40(5,6)7/h16,19,24-25,27-29,31H,14-15,17-18,20-23,26H2,1-13H3/b19-16-,25-24+,33-30-. The molecule has 0 bridgehead atoms. The van der Waals surface area contributed by atoms with E-state index in [1.54, 1.807) is 0 Å². The highest BCUT2D eigenvalue weighted by Crippen LogP contribution is 2.38. The van der Waals surface area contributed by atoms with Crippen molar-refractivity contribution >= 4 is 45.0 Å². The van der Waals surface area contributed by atoms with E-state index < -0.39 is 33.3 Å². The van der Waals surface area contributed by atoms with Crippen molar-refractivity contribution in [1.29, 1.82) is 0 Å². The van der Waals surface area contributed by atoms with E-state index in [-0.39, 0.29) is 30.0 Å². The summed E-state index contributed by atoms with van der Waals surface area (Å²) in [5.74, 6) is 0.369. The van der Waals surface area contributed by atoms with E-state index in [4.69, 9.17) is 23.0 Å². The molecule has 0 radical (unpaired) electrons. The van der Waals surface area contributed by atoms with Gasteiger partial charge in [0.15, 0.2) is 16.6 Å². The van der Waals surface area contributed by atoms with Gasteiger partial charge in [-0.2, -0.15) is 0 Å². The minimum atomic E-state index is -1.83. The van der Waals surface area contributed by atoms with Gasteiger partial charge in [-0.1, -0.05) is 50.5 Å². The maximum absolute atomic E-state index is 12.1. The maximum Gasteiger partial charge on any atom is 0.292 e. The summed E-state index contributed by atoms with van der Waals surface area (Å²) >= 11 is 0. The first-order valence-corrected chi connectivity index (χ1v) is 30.0. The normalized spacial score (nSPS) is 22.4. The van der Waals surface area contributed by atoms with Crippen LogP contribution in [0.25, 0.3) is 0 Å². The van der Waals surface area contributed by atoms with Crippen LogP contribution in [0.4, 0.5) is 0 Å². The second-order valence-corrected chi connectivity index (χ2v) is 33.5. The number of hydrogen-bond donors (Lipinski definition) is 0. The fourth-order valence-corrected chi connectivity index (χ4v) is 8.44. The van der Waals surface area contributed by atoms with E-state index in [2.05, 4.69) is 90.2 Å². The Morgan fingerprint density at radius 2 is 1.55 bits per heavy atom. The van der Waals surface area contributed by atoms with Crippen LogP contribution in [-0.4, -0.2) is 57.2 Å². The van der Waals surface area contributed by atoms with E-state index in [0.717, 1.165) is 37.8 Å². The first-order chi connectivity index (χ1) is 19.2. The Labute approximate surface area is 263 Å². The molecule has 4 unspecified atom stereocenters. The predicted octanol–water partition coefficient (Wildman–Crippen LogP) is 9.90. The fourth-order valence-electron chi connectivity index (χ4n) is 5.01. The first-order valence-electron chi connectivity index (χ1n) is 16.3. The zero-order chi connectivity index (χ0) is 32.2. The maximum atomic E-state index is 12.1. The summed E-state index contributed by atoms with van der Waals surface area (Å²) in [6, 6.07) is 0. The van der Waals surface area contributed by atoms with Gasteiger partial charge in [-0.15, -0.1) is 5.16 Å². The molecule has 244 valence electrons. The van der Waals surface area contributed by atoms with Gasteiger partial charge in [0.2, 0.25) is 8.32 Å². The van der Waals surface area contributed by atoms with Crippen molar-refractivity contribution in [3.8, 4) is 0 Å². The molecule has 1 fully saturated rings. The Morgan fingerprint density at radius 1 is 0.881 bits per heavy atom. The van der Waals surface area contributed by atoms with Gasteiger partial charge in [0.1, 0.15) is 0 Å². The average molecular weight is 656 g/mol. The molecular formula is C32H65NO5Si4. The third-order valence-electron chi connectivity index (χ3n) is 6.55. The molecule has 0 saturated heterocycles. The third-order valence-corrected chi connectivity index (χ3v) is 10.0. The molecule has 0 amide bonds. The van der Waals surface area contributed by atoms with Crippen LogP contribution in [0.15, 0.2) is 29.5 Å². The molecule has 0 spiro atoms. The highest BCUT2D eigenvalue weighted by atomic mass is 28.4. The summed E-state index contributed by atoms with van der Waals surface area (Å²) in [7, 11) is -7.11. The molecule has 4 atom stereocenters. The summed E-state index contributed by atoms with van der Waals surface area (Å²) in [6.07, 6.45) is 18.0. The summed E-state index contributed by atoms with van der Waals surface area (Å²) in [4.78, 5) is 12.1. The van der Waals surface area contributed by atoms with E-state index in [0.29, 0.717) is 6.42 Å². The quantitative estimate of drug-likeness (QED) is 0.0600. The van der Waals surface area contributed by atoms with Gasteiger partial charge in [0.25, 0.3) is 14.3 Å². The smallest absolute Gasteiger partial charge is 0.292 e. The lowest BCUT2D eigenvalue weighted by atomic mass is 9.89. The van der Waals surface area contributed by atoms with Crippen LogP contribution in [0.1, 0.15) is 64.7 Å². The van der Waals surface area contributed by atoms with Crippen LogP contribution < -0.4 is 0 Å². The summed E-state index contributed by atoms with van der Waals surface area (Å²) in [5, 5.41) is 4.79. The summed E-state index contributed by atoms with van der Waals surface area (Å²) in [6.45, 7) is 28.6. The van der Waals surface area contributed by atoms with Crippen molar-refractivity contribution < 1.29 is 22.6 Å². The largest absolute Gasteiger partial charge is 0.520 e. The molecular weight excluding hydrogens is 591 g/mol. The molecule has 0 N–H and O–H groups in total. The van der Waals surface area contributed by atoms with Crippen molar-refractivity contribution in [3.05, 3.63) is 24.3 Å². The number of carbonyl (C=O) groups excluding carboxylic acids is 1. The zero-order valence-electron chi connectivity index (χ0n) is 29.5. The molecule has 0 aliphatic heterocycles. The minimum absolute atomic E-state index is 0.0677. The molecule has 1 aliphatic carbocycles. The molecule has 10 heteroatoms. The Kier molecular flexibility index (Phi) is 16.5. The second-order valence-electron chi connectivity index (χ2n) is 15.8. The van der Waals surface area contributed by atoms with Gasteiger partial charge in [0.05, 0.1) is 17.9 Å². The van der Waals surface area contributed by atoms with Gasteiger partial charge < -0.3 is 17.8 Å². The second kappa shape index (κ2) is 17.6. The van der Waals surface area contributed by atoms with Gasteiger partial charge >= 0.3 is 0 Å². The number of carbonyl (C=O) groups is 1. The van der Waals surface area contributed by atoms with Gasteiger partial charge in [0, 0.05) is 24.7 Å². The van der Waals surface area contributed by atoms with Crippen molar-refractivity contribution in [2.45, 2.75) is 155 Å². The van der Waals surface area contributed by atoms with Gasteiger partial charge in [-0.25, -0.2) is 0 Å². The molecule has 0 aromatic heterocycles. The average Bonchev–Trinajstić information content (AvgIpc) is 3.10. The topological polar surface area (TPSA) is 66.4 Å². The highest BCUT2D eigenvalue weighted by molar-refractivity contribution is 6.71. The third kappa shape index (κ3) is 18.8. The lowest BCUT2D eigenvalue weighted by molar-refractivity contribution is -0.135. The predicted molar refractivity (Wildman–Crippen MR) is 190 cm³/mol.